The van der Waals surface area contributed by atoms with Gasteiger partial charge in [-0.05, 0) is 0 Å². The first-order chi connectivity index (χ1) is 14.9. The molecule has 0 atom stereocenters. The van der Waals surface area contributed by atoms with E-state index in [2.05, 4.69) is 127 Å². The van der Waals surface area contributed by atoms with Crippen LogP contribution in [0.25, 0.3) is 10.9 Å². The van der Waals surface area contributed by atoms with Crippen LogP contribution >= 0.6 is 7.26 Å². The van der Waals surface area contributed by atoms with Crippen LogP contribution in [0.3, 0.4) is 0 Å². The van der Waals surface area contributed by atoms with E-state index in [0.29, 0.717) is 0 Å². The van der Waals surface area contributed by atoms with Crippen molar-refractivity contribution in [1.29, 1.82) is 0 Å². The second kappa shape index (κ2) is 8.22. The molecule has 1 nitrogen and oxygen atoms in total. The number of aromatic nitrogens is 1. The topological polar surface area (TPSA) is 12.9 Å². The molecule has 0 aliphatic rings. The molecule has 2 heteroatoms. The molecule has 0 N–H and O–H groups in total. The molecule has 1 heterocycles. The van der Waals surface area contributed by atoms with Crippen LogP contribution in [0.2, 0.25) is 0 Å². The van der Waals surface area contributed by atoms with Crippen LogP contribution in [0, 0.1) is 0 Å². The van der Waals surface area contributed by atoms with E-state index < -0.39 is 7.26 Å². The molecule has 5 aromatic rings. The third-order valence-electron chi connectivity index (χ3n) is 5.90. The van der Waals surface area contributed by atoms with Crippen LogP contribution in [0.5, 0.6) is 0 Å². The van der Waals surface area contributed by atoms with E-state index in [1.807, 2.05) is 0 Å². The van der Waals surface area contributed by atoms with Crippen molar-refractivity contribution in [2.75, 3.05) is 0 Å². The van der Waals surface area contributed by atoms with Gasteiger partial charge in [0.1, 0.15) is 0 Å². The zero-order valence-electron chi connectivity index (χ0n) is 16.8. The van der Waals surface area contributed by atoms with Gasteiger partial charge in [-0.1, -0.05) is 0 Å². The van der Waals surface area contributed by atoms with Gasteiger partial charge in [0.2, 0.25) is 0 Å². The van der Waals surface area contributed by atoms with Gasteiger partial charge in [0.15, 0.2) is 0 Å². The Labute approximate surface area is 178 Å². The van der Waals surface area contributed by atoms with Crippen molar-refractivity contribution in [2.45, 2.75) is 6.16 Å². The van der Waals surface area contributed by atoms with Crippen LogP contribution in [-0.4, -0.2) is 4.98 Å². The molecule has 0 radical (unpaired) electrons. The molecule has 0 saturated carbocycles. The Morgan fingerprint density at radius 2 is 0.933 bits per heavy atom. The molecule has 0 unspecified atom stereocenters. The van der Waals surface area contributed by atoms with Crippen LogP contribution < -0.4 is 15.9 Å². The molecule has 1 aromatic heterocycles. The fourth-order valence-corrected chi connectivity index (χ4v) is 9.09. The van der Waals surface area contributed by atoms with E-state index in [1.54, 1.807) is 0 Å². The van der Waals surface area contributed by atoms with E-state index >= 15 is 0 Å². The van der Waals surface area contributed by atoms with Gasteiger partial charge < -0.3 is 0 Å². The van der Waals surface area contributed by atoms with Crippen LogP contribution in [0.4, 0.5) is 0 Å². The summed E-state index contributed by atoms with van der Waals surface area (Å²) in [4.78, 5) is 5.07. The SMILES string of the molecule is c1ccc([PH](Cc2ccc3ccccc3n2)(c2ccccc2)c2ccccc2)cc1. The van der Waals surface area contributed by atoms with E-state index in [0.717, 1.165) is 17.4 Å². The average Bonchev–Trinajstić information content (AvgIpc) is 2.84. The van der Waals surface area contributed by atoms with Crippen molar-refractivity contribution in [2.24, 2.45) is 0 Å². The predicted molar refractivity (Wildman–Crippen MR) is 132 cm³/mol. The summed E-state index contributed by atoms with van der Waals surface area (Å²) in [5.41, 5.74) is 2.21. The van der Waals surface area contributed by atoms with Gasteiger partial charge in [-0.25, -0.2) is 0 Å². The number of hydrogen-bond acceptors (Lipinski definition) is 1. The Hall–Kier alpha value is -3.28. The molecule has 0 spiro atoms. The fourth-order valence-electron chi connectivity index (χ4n) is 4.45. The van der Waals surface area contributed by atoms with Crippen molar-refractivity contribution in [3.05, 3.63) is 133 Å². The van der Waals surface area contributed by atoms with Crippen LogP contribution in [0.15, 0.2) is 127 Å². The molecule has 0 saturated heterocycles. The molecular weight excluding hydrogens is 381 g/mol. The van der Waals surface area contributed by atoms with Gasteiger partial charge in [-0.3, -0.25) is 0 Å². The summed E-state index contributed by atoms with van der Waals surface area (Å²) in [7, 11) is -2.31. The first-order valence-corrected chi connectivity index (χ1v) is 12.6. The van der Waals surface area contributed by atoms with Crippen LogP contribution in [-0.2, 0) is 6.16 Å². The molecule has 0 aliphatic carbocycles. The van der Waals surface area contributed by atoms with Crippen molar-refractivity contribution in [3.8, 4) is 0 Å². The number of nitrogens with zero attached hydrogens (tertiary/aromatic N) is 1. The summed E-state index contributed by atoms with van der Waals surface area (Å²) in [6.07, 6.45) is 0.926. The van der Waals surface area contributed by atoms with Crippen molar-refractivity contribution >= 4 is 34.1 Å². The van der Waals surface area contributed by atoms with E-state index in [4.69, 9.17) is 4.98 Å². The number of hydrogen-bond donors (Lipinski definition) is 0. The quantitative estimate of drug-likeness (QED) is 0.354. The molecule has 0 bridgehead atoms. The Morgan fingerprint density at radius 1 is 0.467 bits per heavy atom. The second-order valence-electron chi connectivity index (χ2n) is 7.68. The zero-order valence-corrected chi connectivity index (χ0v) is 17.8. The van der Waals surface area contributed by atoms with Crippen molar-refractivity contribution < 1.29 is 0 Å². The molecule has 5 rings (SSSR count). The van der Waals surface area contributed by atoms with E-state index in [-0.39, 0.29) is 0 Å². The standard InChI is InChI=1S/C28H24NP/c1-4-13-25(14-5-1)30(26-15-6-2-7-16-26,27-17-8-3-9-18-27)22-24-21-20-23-12-10-11-19-28(23)29-24/h1-21,30H,22H2. The van der Waals surface area contributed by atoms with E-state index in [9.17, 15) is 0 Å². The Morgan fingerprint density at radius 3 is 1.47 bits per heavy atom. The second-order valence-corrected chi connectivity index (χ2v) is 11.6. The summed E-state index contributed by atoms with van der Waals surface area (Å²) in [5.74, 6) is 0. The molecule has 146 valence electrons. The zero-order chi connectivity index (χ0) is 20.2. The number of rotatable bonds is 5. The molecule has 4 aromatic carbocycles. The third-order valence-corrected chi connectivity index (χ3v) is 10.8. The summed E-state index contributed by atoms with van der Waals surface area (Å²) in [6, 6.07) is 45.9. The first kappa shape index (κ1) is 18.7. The van der Waals surface area contributed by atoms with Gasteiger partial charge in [0, 0.05) is 0 Å². The Kier molecular flexibility index (Phi) is 5.13. The molecule has 0 aliphatic heterocycles. The average molecular weight is 405 g/mol. The number of benzene rings is 4. The van der Waals surface area contributed by atoms with Crippen molar-refractivity contribution in [3.63, 3.8) is 0 Å². The van der Waals surface area contributed by atoms with Crippen LogP contribution in [0.1, 0.15) is 5.69 Å². The fraction of sp³-hybridized carbons (Fsp3) is 0.0357. The Bertz CT molecular complexity index is 1150. The Balaban J connectivity index is 1.76. The number of pyridine rings is 1. The summed E-state index contributed by atoms with van der Waals surface area (Å²) in [6.45, 7) is 0. The van der Waals surface area contributed by atoms with Gasteiger partial charge in [0.25, 0.3) is 0 Å². The van der Waals surface area contributed by atoms with Gasteiger partial charge in [-0.2, -0.15) is 0 Å². The third kappa shape index (κ3) is 3.43. The number of para-hydroxylation sites is 1. The minimum absolute atomic E-state index is 0.926. The summed E-state index contributed by atoms with van der Waals surface area (Å²) < 4.78 is 0. The molecule has 30 heavy (non-hydrogen) atoms. The minimum atomic E-state index is -2.31. The van der Waals surface area contributed by atoms with Gasteiger partial charge >= 0.3 is 178 Å². The summed E-state index contributed by atoms with van der Waals surface area (Å²) in [5, 5.41) is 5.43. The van der Waals surface area contributed by atoms with Gasteiger partial charge in [0.05, 0.1) is 0 Å². The molecule has 0 fully saturated rings. The normalized spacial score (nSPS) is 12.0. The predicted octanol–water partition coefficient (Wildman–Crippen LogP) is 5.46. The maximum absolute atomic E-state index is 5.07. The van der Waals surface area contributed by atoms with Crippen molar-refractivity contribution in [1.82, 2.24) is 4.98 Å². The molecular formula is C28H24NP. The molecule has 0 amide bonds. The monoisotopic (exact) mass is 405 g/mol. The van der Waals surface area contributed by atoms with E-state index in [1.165, 1.54) is 21.3 Å². The summed E-state index contributed by atoms with van der Waals surface area (Å²) >= 11 is 0. The van der Waals surface area contributed by atoms with Gasteiger partial charge in [-0.15, -0.1) is 0 Å². The number of fused-ring (bicyclic) bond motifs is 1. The maximum atomic E-state index is 5.07. The first-order valence-electron chi connectivity index (χ1n) is 10.4.